The highest BCUT2D eigenvalue weighted by Gasteiger charge is 2.44. The van der Waals surface area contributed by atoms with Gasteiger partial charge in [0.2, 0.25) is 0 Å². The van der Waals surface area contributed by atoms with Crippen molar-refractivity contribution in [2.75, 3.05) is 32.3 Å². The van der Waals surface area contributed by atoms with Crippen LogP contribution in [0.5, 0.6) is 0 Å². The van der Waals surface area contributed by atoms with Crippen molar-refractivity contribution in [3.05, 3.63) is 63.1 Å². The second kappa shape index (κ2) is 9.57. The van der Waals surface area contributed by atoms with Gasteiger partial charge in [-0.15, -0.1) is 0 Å². The zero-order valence-corrected chi connectivity index (χ0v) is 20.3. The van der Waals surface area contributed by atoms with Crippen molar-refractivity contribution in [1.82, 2.24) is 5.43 Å². The number of piperidine rings is 1. The van der Waals surface area contributed by atoms with Crippen LogP contribution in [0.3, 0.4) is 0 Å². The van der Waals surface area contributed by atoms with Gasteiger partial charge < -0.3 is 4.74 Å². The number of nitrogens with one attached hydrogen (secondary N) is 1. The Labute approximate surface area is 203 Å². The zero-order chi connectivity index (χ0) is 22.9. The number of hydrogen-bond donors (Lipinski definition) is 1. The summed E-state index contributed by atoms with van der Waals surface area (Å²) in [7, 11) is 3.62. The number of methoxy groups -OCH3 is 1. The lowest BCUT2D eigenvalue weighted by Gasteiger charge is -2.36. The highest BCUT2D eigenvalue weighted by Crippen LogP contribution is 2.41. The Morgan fingerprint density at radius 2 is 1.72 bits per heavy atom. The summed E-state index contributed by atoms with van der Waals surface area (Å²) >= 11 is 18.7. The maximum atomic E-state index is 13.4. The Kier molecular flexibility index (Phi) is 6.98. The molecule has 0 saturated carbocycles. The Morgan fingerprint density at radius 3 is 2.34 bits per heavy atom. The molecule has 1 amide bonds. The molecule has 1 N–H and O–H groups in total. The molecule has 2 aromatic carbocycles. The first-order valence-corrected chi connectivity index (χ1v) is 11.7. The van der Waals surface area contributed by atoms with Crippen LogP contribution in [-0.4, -0.2) is 49.6 Å². The Hall–Kier alpha value is -1.83. The highest BCUT2D eigenvalue weighted by molar-refractivity contribution is 6.41. The summed E-state index contributed by atoms with van der Waals surface area (Å²) in [6.45, 7) is 1.79. The molecule has 1 fully saturated rings. The van der Waals surface area contributed by atoms with Crippen LogP contribution in [0.4, 0.5) is 5.69 Å². The number of ether oxygens (including phenoxy) is 1. The lowest BCUT2D eigenvalue weighted by Crippen LogP contribution is -2.61. The summed E-state index contributed by atoms with van der Waals surface area (Å²) in [4.78, 5) is 13.4. The summed E-state index contributed by atoms with van der Waals surface area (Å²) < 4.78 is 6.32. The predicted molar refractivity (Wildman–Crippen MR) is 129 cm³/mol. The SMILES string of the molecule is COC1C(C(=O)N[N+]2(C)CCCCC2)=NN(c2ccc(Cl)cc2Cl)C1c1ccc(Cl)cc1. The molecule has 9 heteroatoms. The number of benzene rings is 2. The molecule has 2 atom stereocenters. The number of anilines is 1. The molecule has 0 aromatic heterocycles. The van der Waals surface area contributed by atoms with Crippen LogP contribution in [-0.2, 0) is 9.53 Å². The van der Waals surface area contributed by atoms with Crippen LogP contribution < -0.4 is 10.4 Å². The Morgan fingerprint density at radius 1 is 1.06 bits per heavy atom. The van der Waals surface area contributed by atoms with Gasteiger partial charge in [-0.1, -0.05) is 46.9 Å². The first kappa shape index (κ1) is 23.3. The van der Waals surface area contributed by atoms with Gasteiger partial charge in [0.15, 0.2) is 5.71 Å². The average Bonchev–Trinajstić information content (AvgIpc) is 3.14. The summed E-state index contributed by atoms with van der Waals surface area (Å²) in [6.07, 6.45) is 2.75. The van der Waals surface area contributed by atoms with Crippen LogP contribution in [0, 0.1) is 0 Å². The van der Waals surface area contributed by atoms with Crippen molar-refractivity contribution in [3.8, 4) is 0 Å². The van der Waals surface area contributed by atoms with Crippen molar-refractivity contribution >= 4 is 52.1 Å². The number of nitrogens with zero attached hydrogens (tertiary/aromatic N) is 3. The molecule has 0 radical (unpaired) electrons. The Bertz CT molecular complexity index is 1020. The quantitative estimate of drug-likeness (QED) is 0.576. The van der Waals surface area contributed by atoms with Gasteiger partial charge >= 0.3 is 5.91 Å². The van der Waals surface area contributed by atoms with Crippen molar-refractivity contribution in [1.29, 1.82) is 0 Å². The van der Waals surface area contributed by atoms with Gasteiger partial charge in [-0.05, 0) is 55.2 Å². The van der Waals surface area contributed by atoms with E-state index in [2.05, 4.69) is 5.43 Å². The van der Waals surface area contributed by atoms with E-state index in [9.17, 15) is 4.79 Å². The normalized spacial score (nSPS) is 22.5. The number of likely N-dealkylation sites (tertiary alicyclic amines) is 1. The number of hydrazone groups is 1. The fraction of sp³-hybridized carbons (Fsp3) is 0.391. The minimum Gasteiger partial charge on any atom is -0.372 e. The highest BCUT2D eigenvalue weighted by atomic mass is 35.5. The summed E-state index contributed by atoms with van der Waals surface area (Å²) in [5.74, 6) is -0.243. The number of hydrogen-bond acceptors (Lipinski definition) is 4. The molecule has 2 heterocycles. The van der Waals surface area contributed by atoms with E-state index in [-0.39, 0.29) is 5.91 Å². The number of carbonyl (C=O) groups excluding carboxylic acids is 1. The number of rotatable bonds is 5. The molecule has 2 aliphatic rings. The molecular weight excluding hydrogens is 471 g/mol. The van der Waals surface area contributed by atoms with Crippen LogP contribution in [0.25, 0.3) is 0 Å². The molecule has 2 aliphatic heterocycles. The monoisotopic (exact) mass is 495 g/mol. The average molecular weight is 497 g/mol. The molecule has 170 valence electrons. The van der Waals surface area contributed by atoms with E-state index in [1.807, 2.05) is 31.3 Å². The van der Waals surface area contributed by atoms with Crippen LogP contribution >= 0.6 is 34.8 Å². The molecule has 2 unspecified atom stereocenters. The summed E-state index contributed by atoms with van der Waals surface area (Å²) in [6, 6.07) is 12.2. The third-order valence-electron chi connectivity index (χ3n) is 6.06. The fourth-order valence-corrected chi connectivity index (χ4v) is 5.02. The van der Waals surface area contributed by atoms with Crippen molar-refractivity contribution < 1.29 is 14.1 Å². The van der Waals surface area contributed by atoms with Gasteiger partial charge in [0.1, 0.15) is 25.2 Å². The second-order valence-corrected chi connectivity index (χ2v) is 9.70. The molecule has 32 heavy (non-hydrogen) atoms. The number of amides is 1. The molecular formula is C23H26Cl3N4O2+. The molecule has 2 aromatic rings. The van der Waals surface area contributed by atoms with E-state index in [0.29, 0.717) is 31.1 Å². The minimum atomic E-state index is -0.598. The van der Waals surface area contributed by atoms with Crippen molar-refractivity contribution in [3.63, 3.8) is 0 Å². The van der Waals surface area contributed by atoms with Gasteiger partial charge in [-0.2, -0.15) is 10.5 Å². The maximum absolute atomic E-state index is 13.4. The maximum Gasteiger partial charge on any atom is 0.314 e. The molecule has 0 spiro atoms. The molecule has 6 nitrogen and oxygen atoms in total. The van der Waals surface area contributed by atoms with E-state index in [1.54, 1.807) is 30.3 Å². The fourth-order valence-electron chi connectivity index (χ4n) is 4.40. The van der Waals surface area contributed by atoms with E-state index in [1.165, 1.54) is 6.42 Å². The van der Waals surface area contributed by atoms with E-state index < -0.39 is 12.1 Å². The van der Waals surface area contributed by atoms with E-state index >= 15 is 0 Å². The van der Waals surface area contributed by atoms with Crippen molar-refractivity contribution in [2.24, 2.45) is 5.10 Å². The van der Waals surface area contributed by atoms with Crippen LogP contribution in [0.2, 0.25) is 15.1 Å². The van der Waals surface area contributed by atoms with Crippen molar-refractivity contribution in [2.45, 2.75) is 31.4 Å². The van der Waals surface area contributed by atoms with Crippen LogP contribution in [0.1, 0.15) is 30.9 Å². The zero-order valence-electron chi connectivity index (χ0n) is 18.0. The largest absolute Gasteiger partial charge is 0.372 e. The molecule has 1 saturated heterocycles. The van der Waals surface area contributed by atoms with Gasteiger partial charge in [-0.3, -0.25) is 9.80 Å². The first-order valence-electron chi connectivity index (χ1n) is 10.6. The lowest BCUT2D eigenvalue weighted by molar-refractivity contribution is -0.947. The molecule has 4 rings (SSSR count). The topological polar surface area (TPSA) is 53.9 Å². The number of carbonyl (C=O) groups is 1. The summed E-state index contributed by atoms with van der Waals surface area (Å²) in [5, 5.41) is 8.04. The minimum absolute atomic E-state index is 0.243. The number of halogens is 3. The van der Waals surface area contributed by atoms with E-state index in [0.717, 1.165) is 31.5 Å². The third kappa shape index (κ3) is 4.75. The van der Waals surface area contributed by atoms with Gasteiger partial charge in [-0.25, -0.2) is 4.59 Å². The van der Waals surface area contributed by atoms with Crippen LogP contribution in [0.15, 0.2) is 47.6 Å². The van der Waals surface area contributed by atoms with Gasteiger partial charge in [0.25, 0.3) is 0 Å². The smallest absolute Gasteiger partial charge is 0.314 e. The Balaban J connectivity index is 1.73. The second-order valence-electron chi connectivity index (χ2n) is 8.42. The third-order valence-corrected chi connectivity index (χ3v) is 6.85. The summed E-state index contributed by atoms with van der Waals surface area (Å²) in [5.41, 5.74) is 5.01. The lowest BCUT2D eigenvalue weighted by atomic mass is 9.98. The first-order chi connectivity index (χ1) is 15.3. The van der Waals surface area contributed by atoms with Gasteiger partial charge in [0, 0.05) is 17.2 Å². The molecule has 0 bridgehead atoms. The van der Waals surface area contributed by atoms with Gasteiger partial charge in [0.05, 0.1) is 17.8 Å². The molecule has 0 aliphatic carbocycles. The standard InChI is InChI=1S/C23H25Cl3N4O2/c1-30(12-4-3-5-13-30)28-23(31)20-22(32-2)21(15-6-8-16(24)9-7-15)29(27-20)19-11-10-17(25)14-18(19)26/h6-11,14,21-22H,3-5,12-13H2,1-2H3/p+1. The van der Waals surface area contributed by atoms with E-state index in [4.69, 9.17) is 44.6 Å². The predicted octanol–water partition coefficient (Wildman–Crippen LogP) is 5.24. The number of quaternary nitrogens is 1.